The summed E-state index contributed by atoms with van der Waals surface area (Å²) in [6.45, 7) is 0.993. The molecule has 2 atom stereocenters. The Labute approximate surface area is 198 Å². The number of urea groups is 1. The zero-order valence-electron chi connectivity index (χ0n) is 19.6. The normalized spacial score (nSPS) is 23.3. The van der Waals surface area contributed by atoms with Crippen molar-refractivity contribution in [1.82, 2.24) is 10.3 Å². The van der Waals surface area contributed by atoms with Gasteiger partial charge in [-0.15, -0.1) is 0 Å². The number of hydrazone groups is 1. The molecule has 9 heteroatoms. The minimum atomic E-state index is -1.01. The van der Waals surface area contributed by atoms with Crippen LogP contribution < -0.4 is 20.2 Å². The maximum Gasteiger partial charge on any atom is 0.339 e. The Balaban J connectivity index is 1.44. The van der Waals surface area contributed by atoms with Crippen LogP contribution in [0.25, 0.3) is 0 Å². The number of hydrogen-bond donors (Lipinski definition) is 3. The number of fused-ring (bicyclic) bond motifs is 1. The number of carboxylic acids is 1. The molecule has 0 bridgehead atoms. The minimum absolute atomic E-state index is 0.00146. The highest BCUT2D eigenvalue weighted by Crippen LogP contribution is 2.49. The summed E-state index contributed by atoms with van der Waals surface area (Å²) in [4.78, 5) is 25.6. The van der Waals surface area contributed by atoms with Gasteiger partial charge in [0.05, 0.1) is 19.8 Å². The van der Waals surface area contributed by atoms with Crippen LogP contribution in [0.3, 0.4) is 0 Å². The fourth-order valence-corrected chi connectivity index (χ4v) is 5.17. The number of anilines is 1. The van der Waals surface area contributed by atoms with Crippen molar-refractivity contribution in [2.75, 3.05) is 33.1 Å². The van der Waals surface area contributed by atoms with E-state index in [1.54, 1.807) is 26.4 Å². The van der Waals surface area contributed by atoms with Gasteiger partial charge in [0.25, 0.3) is 0 Å². The van der Waals surface area contributed by atoms with Crippen molar-refractivity contribution in [3.05, 3.63) is 53.6 Å². The summed E-state index contributed by atoms with van der Waals surface area (Å²) in [6, 6.07) is 12.0. The van der Waals surface area contributed by atoms with E-state index < -0.39 is 12.0 Å². The number of carbonyl (C=O) groups is 2. The number of rotatable bonds is 6. The second-order valence-electron chi connectivity index (χ2n) is 8.80. The molecule has 3 N–H and O–H groups in total. The van der Waals surface area contributed by atoms with E-state index in [0.717, 1.165) is 49.4 Å². The van der Waals surface area contributed by atoms with E-state index in [4.69, 9.17) is 14.6 Å². The summed E-state index contributed by atoms with van der Waals surface area (Å²) in [5.74, 6) is 0.439. The molecule has 0 unspecified atom stereocenters. The Bertz CT molecular complexity index is 1100. The van der Waals surface area contributed by atoms with Gasteiger partial charge in [0.2, 0.25) is 0 Å². The molecule has 2 aliphatic rings. The average Bonchev–Trinajstić information content (AvgIpc) is 3.19. The maximum absolute atomic E-state index is 12.3. The predicted molar refractivity (Wildman–Crippen MR) is 129 cm³/mol. The molecule has 1 heterocycles. The molecule has 2 fully saturated rings. The van der Waals surface area contributed by atoms with Crippen LogP contribution in [0.4, 0.5) is 10.5 Å². The van der Waals surface area contributed by atoms with Gasteiger partial charge in [-0.2, -0.15) is 5.10 Å². The highest BCUT2D eigenvalue weighted by atomic mass is 16.5. The molecule has 0 radical (unpaired) electrons. The lowest BCUT2D eigenvalue weighted by Gasteiger charge is -2.42. The number of likely N-dealkylation sites (tertiary alicyclic amines) is 1. The molecular formula is C25H30N4O5. The number of nitrogens with one attached hydrogen (secondary N) is 2. The molecular weight excluding hydrogens is 436 g/mol. The quantitative estimate of drug-likeness (QED) is 0.560. The highest BCUT2D eigenvalue weighted by Gasteiger charge is 2.49. The highest BCUT2D eigenvalue weighted by molar-refractivity contribution is 5.93. The Morgan fingerprint density at radius 3 is 2.50 bits per heavy atom. The molecule has 1 aliphatic carbocycles. The number of carboxylic acid groups (broad SMARTS) is 1. The lowest BCUT2D eigenvalue weighted by atomic mass is 9.65. The first kappa shape index (κ1) is 23.6. The first-order valence-corrected chi connectivity index (χ1v) is 11.2. The van der Waals surface area contributed by atoms with Gasteiger partial charge in [0, 0.05) is 29.3 Å². The number of aromatic carboxylic acids is 1. The Morgan fingerprint density at radius 1 is 1.09 bits per heavy atom. The number of benzene rings is 2. The third-order valence-electron chi connectivity index (χ3n) is 7.03. The number of carbonyl (C=O) groups excluding carboxylic acids is 1. The molecule has 1 saturated heterocycles. The van der Waals surface area contributed by atoms with Crippen molar-refractivity contribution in [3.63, 3.8) is 0 Å². The number of hydrogen-bond acceptors (Lipinski definition) is 6. The smallest absolute Gasteiger partial charge is 0.339 e. The number of nitrogens with zero attached hydrogens (tertiary/aromatic N) is 2. The molecule has 4 rings (SSSR count). The van der Waals surface area contributed by atoms with Gasteiger partial charge >= 0.3 is 12.0 Å². The van der Waals surface area contributed by atoms with Crippen molar-refractivity contribution < 1.29 is 24.2 Å². The van der Waals surface area contributed by atoms with Gasteiger partial charge < -0.3 is 24.8 Å². The van der Waals surface area contributed by atoms with E-state index in [2.05, 4.69) is 39.9 Å². The predicted octanol–water partition coefficient (Wildman–Crippen LogP) is 3.71. The van der Waals surface area contributed by atoms with Crippen LogP contribution in [-0.2, 0) is 5.41 Å². The van der Waals surface area contributed by atoms with Gasteiger partial charge in [-0.1, -0.05) is 6.07 Å². The number of ether oxygens (including phenoxy) is 2. The molecule has 1 saturated carbocycles. The van der Waals surface area contributed by atoms with Crippen molar-refractivity contribution in [2.24, 2.45) is 5.10 Å². The second-order valence-corrected chi connectivity index (χ2v) is 8.80. The zero-order valence-corrected chi connectivity index (χ0v) is 19.6. The second kappa shape index (κ2) is 9.72. The third-order valence-corrected chi connectivity index (χ3v) is 7.03. The van der Waals surface area contributed by atoms with Gasteiger partial charge in [0.15, 0.2) is 11.5 Å². The van der Waals surface area contributed by atoms with E-state index in [9.17, 15) is 9.59 Å². The van der Waals surface area contributed by atoms with Crippen molar-refractivity contribution in [2.45, 2.75) is 37.1 Å². The van der Waals surface area contributed by atoms with Gasteiger partial charge in [0.1, 0.15) is 0 Å². The van der Waals surface area contributed by atoms with E-state index in [1.165, 1.54) is 17.7 Å². The van der Waals surface area contributed by atoms with Crippen LogP contribution in [0.5, 0.6) is 11.5 Å². The fraction of sp³-hybridized carbons (Fsp3) is 0.400. The van der Waals surface area contributed by atoms with Crippen LogP contribution in [0.15, 0.2) is 47.6 Å². The first-order valence-electron chi connectivity index (χ1n) is 11.2. The summed E-state index contributed by atoms with van der Waals surface area (Å²) in [6.07, 6.45) is 3.53. The van der Waals surface area contributed by atoms with Crippen molar-refractivity contribution in [1.29, 1.82) is 0 Å². The van der Waals surface area contributed by atoms with E-state index in [1.807, 2.05) is 6.07 Å². The molecule has 9 nitrogen and oxygen atoms in total. The fourth-order valence-electron chi connectivity index (χ4n) is 5.17. The number of methoxy groups -OCH3 is 2. The summed E-state index contributed by atoms with van der Waals surface area (Å²) in [7, 11) is 5.43. The Hall–Kier alpha value is -3.59. The van der Waals surface area contributed by atoms with Gasteiger partial charge in [-0.3, -0.25) is 0 Å². The summed E-state index contributed by atoms with van der Waals surface area (Å²) in [5, 5.41) is 16.0. The molecule has 2 aromatic carbocycles. The lowest BCUT2D eigenvalue weighted by Crippen LogP contribution is -2.46. The van der Waals surface area contributed by atoms with Gasteiger partial charge in [-0.05, 0) is 74.8 Å². The zero-order chi connectivity index (χ0) is 24.3. The van der Waals surface area contributed by atoms with Crippen LogP contribution in [0.2, 0.25) is 0 Å². The molecule has 1 aliphatic heterocycles. The SMILES string of the molecule is COc1ccc([C@@]23CC/C(=N\NC(=O)Nc4ccc(C(=O)O)cc4)C[C@@H]2N(C)CC3)cc1OC. The first-order chi connectivity index (χ1) is 16.4. The van der Waals surface area contributed by atoms with E-state index in [-0.39, 0.29) is 17.0 Å². The standard InChI is InChI=1S/C25H30N4O5/c1-29-13-12-25(17-6-9-20(33-2)21(14-17)34-3)11-10-19(15-22(25)29)27-28-24(32)26-18-7-4-16(5-8-18)23(30)31/h4-9,14,22H,10-13,15H2,1-3H3,(H,30,31)(H2,26,28,32)/b27-19+/t22-,25-/m0/s1. The monoisotopic (exact) mass is 466 g/mol. The molecule has 180 valence electrons. The summed E-state index contributed by atoms with van der Waals surface area (Å²) >= 11 is 0. The number of likely N-dealkylation sites (N-methyl/N-ethyl adjacent to an activating group) is 1. The lowest BCUT2D eigenvalue weighted by molar-refractivity contribution is 0.0697. The van der Waals surface area contributed by atoms with Crippen LogP contribution in [-0.4, -0.2) is 61.6 Å². The van der Waals surface area contributed by atoms with Crippen LogP contribution in [0.1, 0.15) is 41.6 Å². The maximum atomic E-state index is 12.3. The van der Waals surface area contributed by atoms with E-state index >= 15 is 0 Å². The Morgan fingerprint density at radius 2 is 1.82 bits per heavy atom. The summed E-state index contributed by atoms with van der Waals surface area (Å²) in [5.41, 5.74) is 5.44. The Kier molecular flexibility index (Phi) is 6.74. The molecule has 0 aromatic heterocycles. The summed E-state index contributed by atoms with van der Waals surface area (Å²) < 4.78 is 11.0. The van der Waals surface area contributed by atoms with E-state index in [0.29, 0.717) is 5.69 Å². The van der Waals surface area contributed by atoms with Gasteiger partial charge in [-0.25, -0.2) is 15.0 Å². The van der Waals surface area contributed by atoms with Crippen molar-refractivity contribution >= 4 is 23.4 Å². The van der Waals surface area contributed by atoms with Crippen LogP contribution >= 0.6 is 0 Å². The largest absolute Gasteiger partial charge is 0.493 e. The van der Waals surface area contributed by atoms with Crippen LogP contribution in [0, 0.1) is 0 Å². The molecule has 2 aromatic rings. The topological polar surface area (TPSA) is 112 Å². The minimum Gasteiger partial charge on any atom is -0.493 e. The van der Waals surface area contributed by atoms with Crippen molar-refractivity contribution in [3.8, 4) is 11.5 Å². The number of amides is 2. The average molecular weight is 467 g/mol. The molecule has 0 spiro atoms. The molecule has 2 amide bonds. The third kappa shape index (κ3) is 4.56. The molecule has 34 heavy (non-hydrogen) atoms.